The molecule has 1 aromatic rings. The van der Waals surface area contributed by atoms with E-state index in [1.165, 1.54) is 0 Å². The Labute approximate surface area is 111 Å². The van der Waals surface area contributed by atoms with E-state index < -0.39 is 0 Å². The normalized spacial score (nSPS) is 10.4. The molecule has 0 atom stereocenters. The predicted octanol–water partition coefficient (Wildman–Crippen LogP) is 2.84. The largest absolute Gasteiger partial charge is 0.395 e. The van der Waals surface area contributed by atoms with E-state index in [9.17, 15) is 4.79 Å². The molecule has 0 fully saturated rings. The zero-order valence-corrected chi connectivity index (χ0v) is 11.1. The van der Waals surface area contributed by atoms with E-state index in [1.54, 1.807) is 23.1 Å². The van der Waals surface area contributed by atoms with E-state index in [0.29, 0.717) is 28.7 Å². The molecule has 0 aliphatic heterocycles. The average Bonchev–Trinajstić information content (AvgIpc) is 2.31. The van der Waals surface area contributed by atoms with Gasteiger partial charge in [-0.3, -0.25) is 4.79 Å². The van der Waals surface area contributed by atoms with E-state index in [0.717, 1.165) is 6.42 Å². The van der Waals surface area contributed by atoms with Crippen LogP contribution in [-0.2, 0) is 0 Å². The highest BCUT2D eigenvalue weighted by Crippen LogP contribution is 2.22. The monoisotopic (exact) mass is 275 g/mol. The summed E-state index contributed by atoms with van der Waals surface area (Å²) in [7, 11) is 0. The highest BCUT2D eigenvalue weighted by Gasteiger charge is 2.17. The molecule has 5 heteroatoms. The van der Waals surface area contributed by atoms with E-state index >= 15 is 0 Å². The first kappa shape index (κ1) is 14.3. The predicted molar refractivity (Wildman–Crippen MR) is 69.7 cm³/mol. The van der Waals surface area contributed by atoms with Gasteiger partial charge in [0.15, 0.2) is 0 Å². The van der Waals surface area contributed by atoms with Gasteiger partial charge in [-0.2, -0.15) is 0 Å². The van der Waals surface area contributed by atoms with Crippen molar-refractivity contribution in [3.05, 3.63) is 33.8 Å². The molecule has 94 valence electrons. The van der Waals surface area contributed by atoms with Gasteiger partial charge in [-0.25, -0.2) is 0 Å². The molecule has 17 heavy (non-hydrogen) atoms. The maximum atomic E-state index is 12.2. The van der Waals surface area contributed by atoms with Crippen molar-refractivity contribution in [2.75, 3.05) is 19.7 Å². The van der Waals surface area contributed by atoms with Gasteiger partial charge >= 0.3 is 0 Å². The number of hydrogen-bond donors (Lipinski definition) is 1. The van der Waals surface area contributed by atoms with Gasteiger partial charge in [0.25, 0.3) is 5.91 Å². The third kappa shape index (κ3) is 3.87. The third-order valence-electron chi connectivity index (χ3n) is 2.31. The first-order valence-electron chi connectivity index (χ1n) is 5.45. The molecule has 1 amide bonds. The van der Waals surface area contributed by atoms with Crippen molar-refractivity contribution in [2.24, 2.45) is 0 Å². The van der Waals surface area contributed by atoms with Crippen LogP contribution < -0.4 is 0 Å². The molecule has 3 nitrogen and oxygen atoms in total. The van der Waals surface area contributed by atoms with Crippen molar-refractivity contribution in [2.45, 2.75) is 13.3 Å². The summed E-state index contributed by atoms with van der Waals surface area (Å²) in [6, 6.07) is 4.78. The van der Waals surface area contributed by atoms with E-state index in [4.69, 9.17) is 28.3 Å². The first-order chi connectivity index (χ1) is 8.10. The number of rotatable bonds is 5. The van der Waals surface area contributed by atoms with Crippen molar-refractivity contribution >= 4 is 29.1 Å². The summed E-state index contributed by atoms with van der Waals surface area (Å²) in [6.45, 7) is 2.79. The Balaban J connectivity index is 2.95. The van der Waals surface area contributed by atoms with Crippen molar-refractivity contribution in [3.8, 4) is 0 Å². The maximum Gasteiger partial charge on any atom is 0.255 e. The highest BCUT2D eigenvalue weighted by molar-refractivity contribution is 6.35. The summed E-state index contributed by atoms with van der Waals surface area (Å²) in [4.78, 5) is 13.7. The molecule has 0 aliphatic rings. The van der Waals surface area contributed by atoms with Crippen LogP contribution in [-0.4, -0.2) is 35.6 Å². The molecule has 0 heterocycles. The number of nitrogens with zero attached hydrogens (tertiary/aromatic N) is 1. The van der Waals surface area contributed by atoms with E-state index in [2.05, 4.69) is 0 Å². The van der Waals surface area contributed by atoms with Crippen molar-refractivity contribution in [3.63, 3.8) is 0 Å². The van der Waals surface area contributed by atoms with Gasteiger partial charge in [0.05, 0.1) is 17.2 Å². The fourth-order valence-corrected chi connectivity index (χ4v) is 1.91. The van der Waals surface area contributed by atoms with Crippen LogP contribution in [0.5, 0.6) is 0 Å². The maximum absolute atomic E-state index is 12.2. The summed E-state index contributed by atoms with van der Waals surface area (Å²) >= 11 is 11.8. The molecule has 0 spiro atoms. The van der Waals surface area contributed by atoms with Crippen LogP contribution in [0.1, 0.15) is 23.7 Å². The average molecular weight is 276 g/mol. The van der Waals surface area contributed by atoms with Crippen molar-refractivity contribution < 1.29 is 9.90 Å². The number of carbonyl (C=O) groups excluding carboxylic acids is 1. The summed E-state index contributed by atoms with van der Waals surface area (Å²) < 4.78 is 0. The number of aliphatic hydroxyl groups is 1. The fourth-order valence-electron chi connectivity index (χ4n) is 1.54. The van der Waals surface area contributed by atoms with Gasteiger partial charge in [-0.05, 0) is 24.6 Å². The first-order valence-corrected chi connectivity index (χ1v) is 6.21. The Morgan fingerprint density at radius 1 is 1.35 bits per heavy atom. The molecule has 0 aromatic heterocycles. The van der Waals surface area contributed by atoms with E-state index in [1.807, 2.05) is 6.92 Å². The van der Waals surface area contributed by atoms with Gasteiger partial charge in [0, 0.05) is 18.1 Å². The lowest BCUT2D eigenvalue weighted by atomic mass is 10.2. The molecule has 0 saturated heterocycles. The summed E-state index contributed by atoms with van der Waals surface area (Å²) in [5, 5.41) is 9.77. The third-order valence-corrected chi connectivity index (χ3v) is 2.87. The second-order valence-electron chi connectivity index (χ2n) is 3.64. The number of halogens is 2. The summed E-state index contributed by atoms with van der Waals surface area (Å²) in [5.41, 5.74) is 0.376. The minimum Gasteiger partial charge on any atom is -0.395 e. The number of amides is 1. The van der Waals surface area contributed by atoms with Crippen molar-refractivity contribution in [1.82, 2.24) is 4.90 Å². The Hall–Kier alpha value is -0.770. The molecule has 1 rings (SSSR count). The number of benzene rings is 1. The van der Waals surface area contributed by atoms with Gasteiger partial charge in [0.2, 0.25) is 0 Å². The lowest BCUT2D eigenvalue weighted by molar-refractivity contribution is 0.0722. The van der Waals surface area contributed by atoms with E-state index in [-0.39, 0.29) is 12.5 Å². The molecule has 1 N–H and O–H groups in total. The van der Waals surface area contributed by atoms with Crippen LogP contribution in [0.25, 0.3) is 0 Å². The smallest absolute Gasteiger partial charge is 0.255 e. The Morgan fingerprint density at radius 3 is 2.65 bits per heavy atom. The van der Waals surface area contributed by atoms with Crippen LogP contribution in [0.2, 0.25) is 10.0 Å². The zero-order valence-electron chi connectivity index (χ0n) is 9.62. The number of carbonyl (C=O) groups is 1. The minimum atomic E-state index is -0.201. The molecule has 0 radical (unpaired) electrons. The molecule has 0 aliphatic carbocycles. The Kier molecular flexibility index (Phi) is 5.75. The minimum absolute atomic E-state index is 0.0656. The quantitative estimate of drug-likeness (QED) is 0.898. The van der Waals surface area contributed by atoms with Gasteiger partial charge < -0.3 is 10.0 Å². The van der Waals surface area contributed by atoms with Crippen molar-refractivity contribution in [1.29, 1.82) is 0 Å². The van der Waals surface area contributed by atoms with Gasteiger partial charge in [-0.1, -0.05) is 30.1 Å². The van der Waals surface area contributed by atoms with Crippen LogP contribution >= 0.6 is 23.2 Å². The fraction of sp³-hybridized carbons (Fsp3) is 0.417. The lowest BCUT2D eigenvalue weighted by Crippen LogP contribution is -2.34. The van der Waals surface area contributed by atoms with Crippen LogP contribution in [0, 0.1) is 0 Å². The Morgan fingerprint density at radius 2 is 2.06 bits per heavy atom. The molecule has 0 unspecified atom stereocenters. The molecule has 1 aromatic carbocycles. The zero-order chi connectivity index (χ0) is 12.8. The van der Waals surface area contributed by atoms with Crippen LogP contribution in [0.4, 0.5) is 0 Å². The second-order valence-corrected chi connectivity index (χ2v) is 4.48. The Bertz CT molecular complexity index is 390. The van der Waals surface area contributed by atoms with Gasteiger partial charge in [-0.15, -0.1) is 0 Å². The summed E-state index contributed by atoms with van der Waals surface area (Å²) in [6.07, 6.45) is 0.823. The molecule has 0 bridgehead atoms. The topological polar surface area (TPSA) is 40.5 Å². The number of aliphatic hydroxyl groups excluding tert-OH is 1. The highest BCUT2D eigenvalue weighted by atomic mass is 35.5. The SMILES string of the molecule is CCCN(CCO)C(=O)c1cc(Cl)ccc1Cl. The summed E-state index contributed by atoms with van der Waals surface area (Å²) in [5.74, 6) is -0.201. The standard InChI is InChI=1S/C12H15Cl2NO2/c1-2-5-15(6-7-16)12(17)10-8-9(13)3-4-11(10)14/h3-4,8,16H,2,5-7H2,1H3. The molecule has 0 saturated carbocycles. The number of hydrogen-bond acceptors (Lipinski definition) is 2. The molecular weight excluding hydrogens is 261 g/mol. The lowest BCUT2D eigenvalue weighted by Gasteiger charge is -2.21. The second kappa shape index (κ2) is 6.84. The van der Waals surface area contributed by atoms with Crippen LogP contribution in [0.3, 0.4) is 0 Å². The van der Waals surface area contributed by atoms with Gasteiger partial charge in [0.1, 0.15) is 0 Å². The molecular formula is C12H15Cl2NO2. The van der Waals surface area contributed by atoms with Crippen LogP contribution in [0.15, 0.2) is 18.2 Å².